The largest absolute Gasteiger partial charge is 0.459 e. The van der Waals surface area contributed by atoms with Gasteiger partial charge in [0.2, 0.25) is 0 Å². The van der Waals surface area contributed by atoms with E-state index in [-0.39, 0.29) is 6.04 Å². The highest BCUT2D eigenvalue weighted by Crippen LogP contribution is 2.25. The molecule has 0 fully saturated rings. The first-order valence-electron chi connectivity index (χ1n) is 5.44. The highest BCUT2D eigenvalue weighted by atomic mass is 16.3. The molecule has 0 spiro atoms. The molecule has 2 aromatic rings. The Morgan fingerprint density at radius 1 is 1.44 bits per heavy atom. The molecule has 0 aliphatic heterocycles. The van der Waals surface area contributed by atoms with Crippen molar-refractivity contribution in [2.24, 2.45) is 0 Å². The minimum absolute atomic E-state index is 0.198. The van der Waals surface area contributed by atoms with Crippen molar-refractivity contribution in [2.45, 2.75) is 18.9 Å². The van der Waals surface area contributed by atoms with E-state index in [0.29, 0.717) is 0 Å². The molecule has 0 aliphatic carbocycles. The Morgan fingerprint density at radius 3 is 2.94 bits per heavy atom. The molecule has 1 N–H and O–H groups in total. The number of fused-ring (bicyclic) bond motifs is 1. The van der Waals surface area contributed by atoms with Crippen molar-refractivity contribution in [1.29, 1.82) is 0 Å². The van der Waals surface area contributed by atoms with Gasteiger partial charge in [0.1, 0.15) is 11.3 Å². The number of para-hydroxylation sites is 1. The van der Waals surface area contributed by atoms with Crippen LogP contribution in [-0.4, -0.2) is 7.05 Å². The van der Waals surface area contributed by atoms with Crippen molar-refractivity contribution in [3.8, 4) is 12.3 Å². The highest BCUT2D eigenvalue weighted by molar-refractivity contribution is 5.77. The van der Waals surface area contributed by atoms with Gasteiger partial charge in [-0.2, -0.15) is 0 Å². The van der Waals surface area contributed by atoms with Crippen molar-refractivity contribution < 1.29 is 4.42 Å². The summed E-state index contributed by atoms with van der Waals surface area (Å²) in [5.41, 5.74) is 0.929. The lowest BCUT2D eigenvalue weighted by Crippen LogP contribution is -2.15. The fraction of sp³-hybridized carbons (Fsp3) is 0.286. The van der Waals surface area contributed by atoms with Crippen molar-refractivity contribution in [2.75, 3.05) is 7.05 Å². The lowest BCUT2D eigenvalue weighted by atomic mass is 10.1. The summed E-state index contributed by atoms with van der Waals surface area (Å²) in [4.78, 5) is 0. The number of rotatable bonds is 4. The summed E-state index contributed by atoms with van der Waals surface area (Å²) >= 11 is 0. The van der Waals surface area contributed by atoms with Crippen LogP contribution in [-0.2, 0) is 0 Å². The first-order chi connectivity index (χ1) is 7.85. The number of terminal acetylenes is 1. The summed E-state index contributed by atoms with van der Waals surface area (Å²) in [6.45, 7) is 0. The Kier molecular flexibility index (Phi) is 3.28. The molecule has 1 aromatic heterocycles. The van der Waals surface area contributed by atoms with Crippen LogP contribution in [0.3, 0.4) is 0 Å². The van der Waals surface area contributed by atoms with Crippen LogP contribution in [0, 0.1) is 12.3 Å². The Bertz CT molecular complexity index is 474. The van der Waals surface area contributed by atoms with Gasteiger partial charge in [0, 0.05) is 11.8 Å². The average Bonchev–Trinajstić information content (AvgIpc) is 2.73. The average molecular weight is 213 g/mol. The second kappa shape index (κ2) is 4.87. The van der Waals surface area contributed by atoms with E-state index in [1.807, 2.05) is 25.2 Å². The van der Waals surface area contributed by atoms with Gasteiger partial charge in [0.25, 0.3) is 0 Å². The van der Waals surface area contributed by atoms with Gasteiger partial charge in [0.15, 0.2) is 0 Å². The Balaban J connectivity index is 2.27. The van der Waals surface area contributed by atoms with Crippen LogP contribution in [0.25, 0.3) is 11.0 Å². The fourth-order valence-electron chi connectivity index (χ4n) is 1.83. The molecule has 0 amide bonds. The predicted molar refractivity (Wildman–Crippen MR) is 66.1 cm³/mol. The number of nitrogens with one attached hydrogen (secondary N) is 1. The van der Waals surface area contributed by atoms with E-state index in [1.54, 1.807) is 0 Å². The van der Waals surface area contributed by atoms with E-state index in [0.717, 1.165) is 29.6 Å². The SMILES string of the molecule is C#CCCC(NC)c1cc2ccccc2o1. The van der Waals surface area contributed by atoms with Crippen LogP contribution in [0.4, 0.5) is 0 Å². The first-order valence-corrected chi connectivity index (χ1v) is 5.44. The first kappa shape index (κ1) is 10.8. The zero-order valence-corrected chi connectivity index (χ0v) is 9.36. The summed E-state index contributed by atoms with van der Waals surface area (Å²) in [6.07, 6.45) is 6.92. The summed E-state index contributed by atoms with van der Waals surface area (Å²) in [5, 5.41) is 4.36. The molecule has 0 aliphatic rings. The van der Waals surface area contributed by atoms with Gasteiger partial charge in [-0.3, -0.25) is 0 Å². The normalized spacial score (nSPS) is 12.5. The standard InChI is InChI=1S/C14H15NO/c1-3-4-8-12(15-2)14-10-11-7-5-6-9-13(11)16-14/h1,5-7,9-10,12,15H,4,8H2,2H3. The summed E-state index contributed by atoms with van der Waals surface area (Å²) in [5.74, 6) is 3.61. The molecule has 1 atom stereocenters. The van der Waals surface area contributed by atoms with Crippen molar-refractivity contribution in [3.05, 3.63) is 36.1 Å². The molecule has 2 heteroatoms. The maximum absolute atomic E-state index is 5.79. The molecule has 1 unspecified atom stereocenters. The smallest absolute Gasteiger partial charge is 0.134 e. The molecule has 2 nitrogen and oxygen atoms in total. The van der Waals surface area contributed by atoms with Crippen LogP contribution in [0.2, 0.25) is 0 Å². The van der Waals surface area contributed by atoms with Gasteiger partial charge in [-0.05, 0) is 25.6 Å². The summed E-state index contributed by atoms with van der Waals surface area (Å²) in [7, 11) is 1.92. The van der Waals surface area contributed by atoms with Crippen molar-refractivity contribution in [3.63, 3.8) is 0 Å². The molecule has 0 radical (unpaired) electrons. The number of hydrogen-bond donors (Lipinski definition) is 1. The molecule has 2 rings (SSSR count). The van der Waals surface area contributed by atoms with E-state index in [4.69, 9.17) is 10.8 Å². The van der Waals surface area contributed by atoms with Gasteiger partial charge in [-0.15, -0.1) is 12.3 Å². The molecular formula is C14H15NO. The molecular weight excluding hydrogens is 198 g/mol. The summed E-state index contributed by atoms with van der Waals surface area (Å²) in [6, 6.07) is 10.3. The van der Waals surface area contributed by atoms with Gasteiger partial charge in [-0.1, -0.05) is 18.2 Å². The molecule has 1 heterocycles. The zero-order chi connectivity index (χ0) is 11.4. The van der Waals surface area contributed by atoms with E-state index in [2.05, 4.69) is 23.4 Å². The Labute approximate surface area is 95.6 Å². The van der Waals surface area contributed by atoms with Crippen molar-refractivity contribution in [1.82, 2.24) is 5.32 Å². The molecule has 16 heavy (non-hydrogen) atoms. The predicted octanol–water partition coefficient (Wildman–Crippen LogP) is 3.11. The highest BCUT2D eigenvalue weighted by Gasteiger charge is 2.13. The lowest BCUT2D eigenvalue weighted by Gasteiger charge is -2.10. The van der Waals surface area contributed by atoms with Crippen LogP contribution in [0.1, 0.15) is 24.6 Å². The van der Waals surface area contributed by atoms with Crippen LogP contribution < -0.4 is 5.32 Å². The fourth-order valence-corrected chi connectivity index (χ4v) is 1.83. The van der Waals surface area contributed by atoms with Gasteiger partial charge in [-0.25, -0.2) is 0 Å². The molecule has 0 bridgehead atoms. The van der Waals surface area contributed by atoms with Gasteiger partial charge >= 0.3 is 0 Å². The third kappa shape index (κ3) is 2.10. The third-order valence-electron chi connectivity index (χ3n) is 2.71. The Hall–Kier alpha value is -1.72. The molecule has 0 saturated heterocycles. The van der Waals surface area contributed by atoms with Crippen molar-refractivity contribution >= 4 is 11.0 Å². The summed E-state index contributed by atoms with van der Waals surface area (Å²) < 4.78 is 5.79. The lowest BCUT2D eigenvalue weighted by molar-refractivity contribution is 0.437. The quantitative estimate of drug-likeness (QED) is 0.789. The maximum Gasteiger partial charge on any atom is 0.134 e. The van der Waals surface area contributed by atoms with Crippen LogP contribution in [0.5, 0.6) is 0 Å². The number of hydrogen-bond acceptors (Lipinski definition) is 2. The van der Waals surface area contributed by atoms with Gasteiger partial charge < -0.3 is 9.73 Å². The minimum atomic E-state index is 0.198. The number of furan rings is 1. The molecule has 0 saturated carbocycles. The maximum atomic E-state index is 5.79. The van der Waals surface area contributed by atoms with E-state index in [1.165, 1.54) is 0 Å². The zero-order valence-electron chi connectivity index (χ0n) is 9.36. The van der Waals surface area contributed by atoms with Crippen LogP contribution >= 0.6 is 0 Å². The third-order valence-corrected chi connectivity index (χ3v) is 2.71. The topological polar surface area (TPSA) is 25.2 Å². The van der Waals surface area contributed by atoms with E-state index in [9.17, 15) is 0 Å². The molecule has 82 valence electrons. The second-order valence-corrected chi connectivity index (χ2v) is 3.77. The van der Waals surface area contributed by atoms with E-state index < -0.39 is 0 Å². The van der Waals surface area contributed by atoms with E-state index >= 15 is 0 Å². The van der Waals surface area contributed by atoms with Gasteiger partial charge in [0.05, 0.1) is 6.04 Å². The monoisotopic (exact) mass is 213 g/mol. The minimum Gasteiger partial charge on any atom is -0.459 e. The molecule has 1 aromatic carbocycles. The Morgan fingerprint density at radius 2 is 2.25 bits per heavy atom. The van der Waals surface area contributed by atoms with Crippen LogP contribution in [0.15, 0.2) is 34.7 Å². The second-order valence-electron chi connectivity index (χ2n) is 3.77. The number of benzene rings is 1.